The molecule has 0 heterocycles. The monoisotopic (exact) mass is 240 g/mol. The van der Waals surface area contributed by atoms with E-state index in [0.717, 1.165) is 18.5 Å². The molecule has 0 fully saturated rings. The Bertz CT molecular complexity index is 568. The van der Waals surface area contributed by atoms with Crippen LogP contribution in [-0.4, -0.2) is 0 Å². The second kappa shape index (κ2) is 3.72. The number of nitrogens with two attached hydrogens (primary N) is 2. The van der Waals surface area contributed by atoms with Crippen molar-refractivity contribution in [2.24, 2.45) is 11.7 Å². The van der Waals surface area contributed by atoms with E-state index < -0.39 is 0 Å². The number of allylic oxidation sites excluding steroid dienone is 2. The van der Waals surface area contributed by atoms with Crippen molar-refractivity contribution in [3.8, 4) is 0 Å². The average Bonchev–Trinajstić information content (AvgIpc) is 2.26. The summed E-state index contributed by atoms with van der Waals surface area (Å²) < 4.78 is 0. The Balaban J connectivity index is 2.25. The molecule has 2 aliphatic carbocycles. The molecule has 0 amide bonds. The topological polar surface area (TPSA) is 52.0 Å². The van der Waals surface area contributed by atoms with E-state index in [0.29, 0.717) is 5.92 Å². The van der Waals surface area contributed by atoms with Crippen molar-refractivity contribution in [1.82, 2.24) is 0 Å². The van der Waals surface area contributed by atoms with E-state index in [9.17, 15) is 0 Å². The molecule has 18 heavy (non-hydrogen) atoms. The first kappa shape index (κ1) is 11.5. The number of fused-ring (bicyclic) bond motifs is 4. The van der Waals surface area contributed by atoms with Gasteiger partial charge in [0.15, 0.2) is 0 Å². The van der Waals surface area contributed by atoms with Gasteiger partial charge in [0.05, 0.1) is 5.54 Å². The number of nitrogen functional groups attached to an aromatic ring is 1. The fraction of sp³-hybridized carbons (Fsp3) is 0.375. The largest absolute Gasteiger partial charge is 0.399 e. The molecule has 0 aromatic heterocycles. The van der Waals surface area contributed by atoms with Crippen LogP contribution in [0.15, 0.2) is 41.5 Å². The van der Waals surface area contributed by atoms with E-state index in [2.05, 4.69) is 38.1 Å². The normalized spacial score (nSPS) is 32.1. The summed E-state index contributed by atoms with van der Waals surface area (Å²) in [6.45, 7) is 4.28. The fourth-order valence-corrected chi connectivity index (χ4v) is 3.71. The Labute approximate surface area is 108 Å². The predicted octanol–water partition coefficient (Wildman–Crippen LogP) is 2.89. The van der Waals surface area contributed by atoms with Crippen LogP contribution in [0.2, 0.25) is 0 Å². The molecule has 2 nitrogen and oxygen atoms in total. The van der Waals surface area contributed by atoms with Crippen molar-refractivity contribution in [3.05, 3.63) is 52.6 Å². The SMILES string of the molecule is C/C=C1\C2C=C(C)CC1(N)c1ccc(N)cc1C2. The third kappa shape index (κ3) is 1.45. The van der Waals surface area contributed by atoms with E-state index in [1.807, 2.05) is 6.07 Å². The lowest BCUT2D eigenvalue weighted by Crippen LogP contribution is -2.47. The third-order valence-electron chi connectivity index (χ3n) is 4.32. The molecule has 0 radical (unpaired) electrons. The van der Waals surface area contributed by atoms with Crippen LogP contribution >= 0.6 is 0 Å². The van der Waals surface area contributed by atoms with Crippen LogP contribution in [0.25, 0.3) is 0 Å². The van der Waals surface area contributed by atoms with Gasteiger partial charge in [0, 0.05) is 11.6 Å². The summed E-state index contributed by atoms with van der Waals surface area (Å²) in [5.74, 6) is 0.447. The molecule has 0 spiro atoms. The van der Waals surface area contributed by atoms with E-state index in [4.69, 9.17) is 11.5 Å². The zero-order valence-electron chi connectivity index (χ0n) is 11.0. The Morgan fingerprint density at radius 3 is 2.89 bits per heavy atom. The summed E-state index contributed by atoms with van der Waals surface area (Å²) in [7, 11) is 0. The van der Waals surface area contributed by atoms with E-state index in [-0.39, 0.29) is 5.54 Å². The van der Waals surface area contributed by atoms with Gasteiger partial charge in [-0.25, -0.2) is 0 Å². The second-order valence-electron chi connectivity index (χ2n) is 5.63. The van der Waals surface area contributed by atoms with E-state index >= 15 is 0 Å². The van der Waals surface area contributed by atoms with Crippen molar-refractivity contribution in [2.75, 3.05) is 5.73 Å². The van der Waals surface area contributed by atoms with E-state index in [1.165, 1.54) is 22.3 Å². The van der Waals surface area contributed by atoms with Gasteiger partial charge in [0.25, 0.3) is 0 Å². The highest BCUT2D eigenvalue weighted by Gasteiger charge is 2.43. The smallest absolute Gasteiger partial charge is 0.0671 e. The van der Waals surface area contributed by atoms with Crippen molar-refractivity contribution in [2.45, 2.75) is 32.2 Å². The minimum Gasteiger partial charge on any atom is -0.399 e. The lowest BCUT2D eigenvalue weighted by atomic mass is 9.62. The highest BCUT2D eigenvalue weighted by molar-refractivity contribution is 5.55. The summed E-state index contributed by atoms with van der Waals surface area (Å²) in [4.78, 5) is 0. The van der Waals surface area contributed by atoms with Crippen LogP contribution < -0.4 is 11.5 Å². The molecule has 3 rings (SSSR count). The zero-order valence-corrected chi connectivity index (χ0v) is 11.0. The van der Waals surface area contributed by atoms with Crippen LogP contribution in [0.4, 0.5) is 5.69 Å². The van der Waals surface area contributed by atoms with Gasteiger partial charge in [-0.1, -0.05) is 23.8 Å². The lowest BCUT2D eigenvalue weighted by molar-refractivity contribution is 0.415. The van der Waals surface area contributed by atoms with Gasteiger partial charge in [0.1, 0.15) is 0 Å². The van der Waals surface area contributed by atoms with Crippen LogP contribution in [0.5, 0.6) is 0 Å². The number of benzene rings is 1. The summed E-state index contributed by atoms with van der Waals surface area (Å²) in [6.07, 6.45) is 6.51. The molecule has 1 aromatic rings. The minimum atomic E-state index is -0.320. The molecular weight excluding hydrogens is 220 g/mol. The van der Waals surface area contributed by atoms with E-state index in [1.54, 1.807) is 0 Å². The molecule has 2 unspecified atom stereocenters. The van der Waals surface area contributed by atoms with Gasteiger partial charge in [-0.2, -0.15) is 0 Å². The van der Waals surface area contributed by atoms with Crippen molar-refractivity contribution < 1.29 is 0 Å². The Kier molecular flexibility index (Phi) is 2.39. The molecule has 0 saturated carbocycles. The first-order valence-corrected chi connectivity index (χ1v) is 6.56. The molecule has 2 atom stereocenters. The van der Waals surface area contributed by atoms with Crippen molar-refractivity contribution >= 4 is 5.69 Å². The zero-order chi connectivity index (χ0) is 12.9. The number of anilines is 1. The molecule has 1 aromatic carbocycles. The summed E-state index contributed by atoms with van der Waals surface area (Å²) in [5.41, 5.74) is 18.5. The number of hydrogen-bond acceptors (Lipinski definition) is 2. The maximum Gasteiger partial charge on any atom is 0.0671 e. The molecular formula is C16H20N2. The summed E-state index contributed by atoms with van der Waals surface area (Å²) >= 11 is 0. The predicted molar refractivity (Wildman–Crippen MR) is 76.0 cm³/mol. The molecule has 94 valence electrons. The average molecular weight is 240 g/mol. The van der Waals surface area contributed by atoms with Gasteiger partial charge in [-0.15, -0.1) is 0 Å². The standard InChI is InChI=1S/C16H20N2/c1-3-14-11-6-10(2)9-16(14,18)15-5-4-13(17)8-12(15)7-11/h3-6,8,11H,7,9,17-18H2,1-2H3/b14-3+. The van der Waals surface area contributed by atoms with Gasteiger partial charge >= 0.3 is 0 Å². The molecule has 2 heteroatoms. The highest BCUT2D eigenvalue weighted by Crippen LogP contribution is 2.48. The van der Waals surface area contributed by atoms with Crippen LogP contribution in [0, 0.1) is 5.92 Å². The molecule has 2 bridgehead atoms. The van der Waals surface area contributed by atoms with Crippen LogP contribution in [-0.2, 0) is 12.0 Å². The molecule has 0 aliphatic heterocycles. The molecule has 4 N–H and O–H groups in total. The maximum absolute atomic E-state index is 6.76. The van der Waals surface area contributed by atoms with Gasteiger partial charge in [-0.3, -0.25) is 0 Å². The molecule has 2 aliphatic rings. The van der Waals surface area contributed by atoms with Gasteiger partial charge in [0.2, 0.25) is 0 Å². The quantitative estimate of drug-likeness (QED) is 0.541. The summed E-state index contributed by atoms with van der Waals surface area (Å²) in [5, 5.41) is 0. The first-order valence-electron chi connectivity index (χ1n) is 6.56. The van der Waals surface area contributed by atoms with Crippen molar-refractivity contribution in [1.29, 1.82) is 0 Å². The Morgan fingerprint density at radius 2 is 2.17 bits per heavy atom. The molecule has 0 saturated heterocycles. The maximum atomic E-state index is 6.76. The van der Waals surface area contributed by atoms with Crippen LogP contribution in [0.3, 0.4) is 0 Å². The number of rotatable bonds is 0. The van der Waals surface area contributed by atoms with Crippen LogP contribution in [0.1, 0.15) is 31.4 Å². The second-order valence-corrected chi connectivity index (χ2v) is 5.63. The lowest BCUT2D eigenvalue weighted by Gasteiger charge is -2.45. The van der Waals surface area contributed by atoms with Crippen molar-refractivity contribution in [3.63, 3.8) is 0 Å². The fourth-order valence-electron chi connectivity index (χ4n) is 3.71. The number of hydrogen-bond donors (Lipinski definition) is 2. The Morgan fingerprint density at radius 1 is 1.39 bits per heavy atom. The minimum absolute atomic E-state index is 0.320. The first-order chi connectivity index (χ1) is 8.54. The summed E-state index contributed by atoms with van der Waals surface area (Å²) in [6, 6.07) is 6.17. The third-order valence-corrected chi connectivity index (χ3v) is 4.32. The Hall–Kier alpha value is -1.54. The highest BCUT2D eigenvalue weighted by atomic mass is 14.8. The van der Waals surface area contributed by atoms with Gasteiger partial charge < -0.3 is 11.5 Å². The van der Waals surface area contributed by atoms with Gasteiger partial charge in [-0.05, 0) is 55.5 Å².